The van der Waals surface area contributed by atoms with Crippen molar-refractivity contribution in [2.45, 2.75) is 44.2 Å². The van der Waals surface area contributed by atoms with Gasteiger partial charge in [0, 0.05) is 0 Å². The summed E-state index contributed by atoms with van der Waals surface area (Å²) in [6.45, 7) is 0. The van der Waals surface area contributed by atoms with Gasteiger partial charge in [0.25, 0.3) is 0 Å². The zero-order valence-corrected chi connectivity index (χ0v) is 15.2. The SMILES string of the molecule is Cl.N[C@@H](c1cc2ccccc2c2ccccc12)[C@H](O)C1CCCCC1. The summed E-state index contributed by atoms with van der Waals surface area (Å²) in [5, 5.41) is 15.7. The minimum Gasteiger partial charge on any atom is -0.391 e. The second-order valence-electron chi connectivity index (χ2n) is 7.15. The summed E-state index contributed by atoms with van der Waals surface area (Å²) in [6, 6.07) is 18.7. The molecule has 0 spiro atoms. The van der Waals surface area contributed by atoms with Crippen LogP contribution in [0.4, 0.5) is 0 Å². The van der Waals surface area contributed by atoms with E-state index in [1.165, 1.54) is 40.8 Å². The van der Waals surface area contributed by atoms with E-state index >= 15 is 0 Å². The molecule has 2 atom stereocenters. The zero-order valence-electron chi connectivity index (χ0n) is 14.4. The molecule has 1 fully saturated rings. The van der Waals surface area contributed by atoms with Gasteiger partial charge < -0.3 is 10.8 Å². The van der Waals surface area contributed by atoms with Crippen LogP contribution in [-0.4, -0.2) is 11.2 Å². The number of hydrogen-bond donors (Lipinski definition) is 2. The maximum Gasteiger partial charge on any atom is 0.0761 e. The van der Waals surface area contributed by atoms with Crippen LogP contribution in [0, 0.1) is 5.92 Å². The molecule has 4 rings (SSSR count). The molecule has 0 saturated heterocycles. The van der Waals surface area contributed by atoms with Crippen molar-refractivity contribution in [2.75, 3.05) is 0 Å². The first-order valence-electron chi connectivity index (χ1n) is 9.10. The number of hydrogen-bond acceptors (Lipinski definition) is 2. The lowest BCUT2D eigenvalue weighted by molar-refractivity contribution is 0.0622. The average molecular weight is 356 g/mol. The van der Waals surface area contributed by atoms with E-state index in [1.807, 2.05) is 0 Å². The molecule has 1 saturated carbocycles. The minimum absolute atomic E-state index is 0. The first kappa shape index (κ1) is 18.2. The fourth-order valence-corrected chi connectivity index (χ4v) is 4.31. The Labute approximate surface area is 155 Å². The lowest BCUT2D eigenvalue weighted by Crippen LogP contribution is -2.34. The van der Waals surface area contributed by atoms with Crippen molar-refractivity contribution in [2.24, 2.45) is 11.7 Å². The van der Waals surface area contributed by atoms with E-state index < -0.39 is 6.10 Å². The summed E-state index contributed by atoms with van der Waals surface area (Å²) in [5.74, 6) is 0.332. The molecular formula is C22H26ClNO. The number of rotatable bonds is 3. The number of aliphatic hydroxyl groups excluding tert-OH is 1. The second-order valence-corrected chi connectivity index (χ2v) is 7.15. The third-order valence-electron chi connectivity index (χ3n) is 5.66. The van der Waals surface area contributed by atoms with Crippen LogP contribution in [0.1, 0.15) is 43.7 Å². The van der Waals surface area contributed by atoms with E-state index in [0.29, 0.717) is 5.92 Å². The lowest BCUT2D eigenvalue weighted by Gasteiger charge is -2.31. The lowest BCUT2D eigenvalue weighted by atomic mass is 9.80. The number of nitrogens with two attached hydrogens (primary N) is 1. The molecule has 0 aromatic heterocycles. The van der Waals surface area contributed by atoms with Crippen LogP contribution >= 0.6 is 12.4 Å². The molecule has 0 radical (unpaired) electrons. The van der Waals surface area contributed by atoms with E-state index in [1.54, 1.807) is 0 Å². The van der Waals surface area contributed by atoms with E-state index in [-0.39, 0.29) is 18.4 Å². The van der Waals surface area contributed by atoms with Crippen LogP contribution in [0.15, 0.2) is 54.6 Å². The van der Waals surface area contributed by atoms with Crippen molar-refractivity contribution in [3.05, 3.63) is 60.2 Å². The van der Waals surface area contributed by atoms with Gasteiger partial charge in [-0.2, -0.15) is 0 Å². The largest absolute Gasteiger partial charge is 0.391 e. The Bertz CT molecular complexity index is 857. The van der Waals surface area contributed by atoms with Crippen molar-refractivity contribution >= 4 is 34.0 Å². The van der Waals surface area contributed by atoms with Crippen LogP contribution in [0.25, 0.3) is 21.5 Å². The predicted molar refractivity (Wildman–Crippen MR) is 108 cm³/mol. The summed E-state index contributed by atoms with van der Waals surface area (Å²) < 4.78 is 0. The standard InChI is InChI=1S/C22H25NO.ClH/c23-21(22(24)15-8-2-1-3-9-15)20-14-16-10-4-5-11-17(16)18-12-6-7-13-19(18)20;/h4-7,10-15,21-22,24H,1-3,8-9,23H2;1H/t21-,22+;/m0./s1. The normalized spacial score (nSPS) is 18.0. The van der Waals surface area contributed by atoms with Gasteiger partial charge in [0.1, 0.15) is 0 Å². The Balaban J connectivity index is 0.00000182. The number of fused-ring (bicyclic) bond motifs is 3. The minimum atomic E-state index is -0.463. The molecule has 3 heteroatoms. The third kappa shape index (κ3) is 3.39. The number of benzene rings is 3. The summed E-state index contributed by atoms with van der Waals surface area (Å²) in [7, 11) is 0. The number of aliphatic hydroxyl groups is 1. The van der Waals surface area contributed by atoms with E-state index in [0.717, 1.165) is 18.4 Å². The molecule has 0 amide bonds. The Kier molecular flexibility index (Phi) is 5.63. The van der Waals surface area contributed by atoms with Gasteiger partial charge in [0.15, 0.2) is 0 Å². The van der Waals surface area contributed by atoms with Crippen molar-refractivity contribution in [3.63, 3.8) is 0 Å². The van der Waals surface area contributed by atoms with Crippen molar-refractivity contribution in [1.29, 1.82) is 0 Å². The third-order valence-corrected chi connectivity index (χ3v) is 5.66. The molecule has 3 aromatic rings. The van der Waals surface area contributed by atoms with Crippen LogP contribution in [-0.2, 0) is 0 Å². The average Bonchev–Trinajstić information content (AvgIpc) is 2.67. The van der Waals surface area contributed by atoms with Gasteiger partial charge in [0.05, 0.1) is 12.1 Å². The highest BCUT2D eigenvalue weighted by molar-refractivity contribution is 6.09. The van der Waals surface area contributed by atoms with E-state index in [2.05, 4.69) is 54.6 Å². The monoisotopic (exact) mass is 355 g/mol. The van der Waals surface area contributed by atoms with Crippen molar-refractivity contribution in [3.8, 4) is 0 Å². The molecule has 0 aliphatic heterocycles. The summed E-state index contributed by atoms with van der Waals surface area (Å²) in [5.41, 5.74) is 7.65. The molecule has 3 aromatic carbocycles. The summed E-state index contributed by atoms with van der Waals surface area (Å²) in [6.07, 6.45) is 5.45. The van der Waals surface area contributed by atoms with Crippen LogP contribution in [0.5, 0.6) is 0 Å². The van der Waals surface area contributed by atoms with Gasteiger partial charge in [0.2, 0.25) is 0 Å². The zero-order chi connectivity index (χ0) is 16.5. The molecule has 25 heavy (non-hydrogen) atoms. The van der Waals surface area contributed by atoms with Crippen LogP contribution < -0.4 is 5.73 Å². The first-order valence-corrected chi connectivity index (χ1v) is 9.10. The Morgan fingerprint density at radius 1 is 0.840 bits per heavy atom. The Hall–Kier alpha value is -1.61. The fourth-order valence-electron chi connectivity index (χ4n) is 4.31. The van der Waals surface area contributed by atoms with Gasteiger partial charge in [-0.05, 0) is 51.9 Å². The van der Waals surface area contributed by atoms with E-state index in [4.69, 9.17) is 5.73 Å². The second kappa shape index (κ2) is 7.74. The molecule has 132 valence electrons. The Morgan fingerprint density at radius 2 is 1.44 bits per heavy atom. The number of halogens is 1. The highest BCUT2D eigenvalue weighted by Crippen LogP contribution is 2.36. The highest BCUT2D eigenvalue weighted by atomic mass is 35.5. The summed E-state index contributed by atoms with van der Waals surface area (Å²) >= 11 is 0. The maximum atomic E-state index is 10.9. The smallest absolute Gasteiger partial charge is 0.0761 e. The molecule has 1 aliphatic carbocycles. The molecule has 0 heterocycles. The maximum absolute atomic E-state index is 10.9. The van der Waals surface area contributed by atoms with Crippen LogP contribution in [0.2, 0.25) is 0 Å². The molecule has 2 nitrogen and oxygen atoms in total. The molecule has 0 unspecified atom stereocenters. The molecular weight excluding hydrogens is 330 g/mol. The molecule has 1 aliphatic rings. The van der Waals surface area contributed by atoms with E-state index in [9.17, 15) is 5.11 Å². The molecule has 0 bridgehead atoms. The van der Waals surface area contributed by atoms with Crippen LogP contribution in [0.3, 0.4) is 0 Å². The summed E-state index contributed by atoms with van der Waals surface area (Å²) in [4.78, 5) is 0. The van der Waals surface area contributed by atoms with Gasteiger partial charge in [-0.3, -0.25) is 0 Å². The highest BCUT2D eigenvalue weighted by Gasteiger charge is 2.28. The van der Waals surface area contributed by atoms with Crippen molar-refractivity contribution < 1.29 is 5.11 Å². The van der Waals surface area contributed by atoms with Gasteiger partial charge >= 0.3 is 0 Å². The Morgan fingerprint density at radius 3 is 2.16 bits per heavy atom. The molecule has 3 N–H and O–H groups in total. The predicted octanol–water partition coefficient (Wildman–Crippen LogP) is 5.36. The first-order chi connectivity index (χ1) is 11.8. The topological polar surface area (TPSA) is 46.2 Å². The van der Waals surface area contributed by atoms with Gasteiger partial charge in [-0.1, -0.05) is 67.8 Å². The fraction of sp³-hybridized carbons (Fsp3) is 0.364. The quantitative estimate of drug-likeness (QED) is 0.621. The van der Waals surface area contributed by atoms with Gasteiger partial charge in [-0.25, -0.2) is 0 Å². The van der Waals surface area contributed by atoms with Gasteiger partial charge in [-0.15, -0.1) is 12.4 Å². The van der Waals surface area contributed by atoms with Crippen molar-refractivity contribution in [1.82, 2.24) is 0 Å².